The molecule has 100 valence electrons. The zero-order valence-corrected chi connectivity index (χ0v) is 12.1. The van der Waals surface area contributed by atoms with Crippen LogP contribution in [0.3, 0.4) is 0 Å². The van der Waals surface area contributed by atoms with Crippen LogP contribution in [0.25, 0.3) is 0 Å². The number of hydrogen-bond donors (Lipinski definition) is 2. The van der Waals surface area contributed by atoms with E-state index >= 15 is 0 Å². The molecule has 2 rings (SSSR count). The van der Waals surface area contributed by atoms with Gasteiger partial charge in [-0.2, -0.15) is 0 Å². The summed E-state index contributed by atoms with van der Waals surface area (Å²) in [6.07, 6.45) is 1.79. The molecule has 0 unspecified atom stereocenters. The van der Waals surface area contributed by atoms with E-state index in [0.717, 1.165) is 25.9 Å². The second-order valence-corrected chi connectivity index (χ2v) is 5.04. The summed E-state index contributed by atoms with van der Waals surface area (Å²) in [5, 5.41) is 6.08. The van der Waals surface area contributed by atoms with E-state index < -0.39 is 5.82 Å². The summed E-state index contributed by atoms with van der Waals surface area (Å²) in [7, 11) is 0. The molecule has 0 spiro atoms. The number of piperidine rings is 1. The molecule has 1 aliphatic heterocycles. The highest BCUT2D eigenvalue weighted by atomic mass is 79.9. The van der Waals surface area contributed by atoms with Crippen molar-refractivity contribution in [3.8, 4) is 0 Å². The Morgan fingerprint density at radius 2 is 2.06 bits per heavy atom. The molecule has 1 fully saturated rings. The second kappa shape index (κ2) is 7.07. The third-order valence-electron chi connectivity index (χ3n) is 2.85. The van der Waals surface area contributed by atoms with Gasteiger partial charge in [0.1, 0.15) is 5.82 Å². The average molecular weight is 338 g/mol. The smallest absolute Gasteiger partial charge is 0.254 e. The van der Waals surface area contributed by atoms with Gasteiger partial charge in [-0.3, -0.25) is 4.79 Å². The minimum atomic E-state index is -0.495. The van der Waals surface area contributed by atoms with Crippen molar-refractivity contribution < 1.29 is 9.18 Å². The van der Waals surface area contributed by atoms with E-state index in [9.17, 15) is 9.18 Å². The normalized spacial score (nSPS) is 15.9. The molecule has 1 amide bonds. The maximum absolute atomic E-state index is 13.6. The summed E-state index contributed by atoms with van der Waals surface area (Å²) in [5.41, 5.74) is 0.103. The molecule has 1 aromatic rings. The van der Waals surface area contributed by atoms with Crippen molar-refractivity contribution in [2.45, 2.75) is 18.9 Å². The minimum absolute atomic E-state index is 0. The molecule has 0 atom stereocenters. The van der Waals surface area contributed by atoms with E-state index in [1.807, 2.05) is 0 Å². The minimum Gasteiger partial charge on any atom is -0.349 e. The Bertz CT molecular complexity index is 425. The summed E-state index contributed by atoms with van der Waals surface area (Å²) in [6.45, 7) is 1.79. The van der Waals surface area contributed by atoms with Crippen LogP contribution in [0.5, 0.6) is 0 Å². The third-order valence-corrected chi connectivity index (χ3v) is 3.34. The second-order valence-electron chi connectivity index (χ2n) is 4.12. The fourth-order valence-corrected chi connectivity index (χ4v) is 2.24. The van der Waals surface area contributed by atoms with Crippen molar-refractivity contribution in [1.82, 2.24) is 10.6 Å². The standard InChI is InChI=1S/C12H14BrFN2O.ClH/c13-8-1-2-10(11(14)7-8)12(17)16-9-3-5-15-6-4-9;/h1-2,7,9,15H,3-6H2,(H,16,17);1H. The molecule has 0 bridgehead atoms. The van der Waals surface area contributed by atoms with Gasteiger partial charge in [-0.25, -0.2) is 4.39 Å². The quantitative estimate of drug-likeness (QED) is 0.870. The molecule has 0 aliphatic carbocycles. The van der Waals surface area contributed by atoms with Crippen LogP contribution in [0, 0.1) is 5.82 Å². The van der Waals surface area contributed by atoms with Crippen LogP contribution in [0.2, 0.25) is 0 Å². The number of carbonyl (C=O) groups excluding carboxylic acids is 1. The fourth-order valence-electron chi connectivity index (χ4n) is 1.90. The average Bonchev–Trinajstić information content (AvgIpc) is 2.30. The number of halogens is 3. The highest BCUT2D eigenvalue weighted by Crippen LogP contribution is 2.15. The first-order valence-electron chi connectivity index (χ1n) is 5.63. The van der Waals surface area contributed by atoms with Crippen LogP contribution < -0.4 is 10.6 Å². The largest absolute Gasteiger partial charge is 0.349 e. The van der Waals surface area contributed by atoms with Gasteiger partial charge in [0.25, 0.3) is 5.91 Å². The first kappa shape index (κ1) is 15.4. The van der Waals surface area contributed by atoms with Crippen molar-refractivity contribution in [2.75, 3.05) is 13.1 Å². The number of amides is 1. The van der Waals surface area contributed by atoms with Crippen LogP contribution in [-0.4, -0.2) is 25.0 Å². The molecule has 3 nitrogen and oxygen atoms in total. The summed E-state index contributed by atoms with van der Waals surface area (Å²) in [5.74, 6) is -0.826. The molecular weight excluding hydrogens is 323 g/mol. The van der Waals surface area contributed by atoms with Gasteiger partial charge in [-0.15, -0.1) is 12.4 Å². The van der Waals surface area contributed by atoms with Gasteiger partial charge < -0.3 is 10.6 Å². The van der Waals surface area contributed by atoms with Gasteiger partial charge >= 0.3 is 0 Å². The lowest BCUT2D eigenvalue weighted by molar-refractivity contribution is 0.0925. The van der Waals surface area contributed by atoms with Crippen molar-refractivity contribution in [2.24, 2.45) is 0 Å². The Labute approximate surface area is 120 Å². The molecule has 1 saturated heterocycles. The monoisotopic (exact) mass is 336 g/mol. The van der Waals surface area contributed by atoms with E-state index in [1.54, 1.807) is 6.07 Å². The van der Waals surface area contributed by atoms with Crippen molar-refractivity contribution in [1.29, 1.82) is 0 Å². The lowest BCUT2D eigenvalue weighted by atomic mass is 10.1. The van der Waals surface area contributed by atoms with Gasteiger partial charge in [0, 0.05) is 10.5 Å². The van der Waals surface area contributed by atoms with E-state index in [-0.39, 0.29) is 29.9 Å². The van der Waals surface area contributed by atoms with Gasteiger partial charge in [0.2, 0.25) is 0 Å². The van der Waals surface area contributed by atoms with Crippen LogP contribution in [0.15, 0.2) is 22.7 Å². The Balaban J connectivity index is 0.00000162. The summed E-state index contributed by atoms with van der Waals surface area (Å²) in [4.78, 5) is 11.9. The fraction of sp³-hybridized carbons (Fsp3) is 0.417. The van der Waals surface area contributed by atoms with Crippen LogP contribution in [0.4, 0.5) is 4.39 Å². The molecule has 0 radical (unpaired) electrons. The van der Waals surface area contributed by atoms with Crippen LogP contribution in [0.1, 0.15) is 23.2 Å². The van der Waals surface area contributed by atoms with E-state index in [4.69, 9.17) is 0 Å². The molecule has 6 heteroatoms. The number of hydrogen-bond acceptors (Lipinski definition) is 2. The van der Waals surface area contributed by atoms with Crippen molar-refractivity contribution in [3.63, 3.8) is 0 Å². The molecule has 1 aromatic carbocycles. The van der Waals surface area contributed by atoms with E-state index in [2.05, 4.69) is 26.6 Å². The number of nitrogens with one attached hydrogen (secondary N) is 2. The third kappa shape index (κ3) is 3.93. The number of rotatable bonds is 2. The Morgan fingerprint density at radius 1 is 1.39 bits per heavy atom. The van der Waals surface area contributed by atoms with Crippen LogP contribution >= 0.6 is 28.3 Å². The summed E-state index contributed by atoms with van der Waals surface area (Å²) in [6, 6.07) is 4.61. The summed E-state index contributed by atoms with van der Waals surface area (Å²) < 4.78 is 14.2. The lowest BCUT2D eigenvalue weighted by Crippen LogP contribution is -2.42. The number of benzene rings is 1. The topological polar surface area (TPSA) is 41.1 Å². The molecule has 18 heavy (non-hydrogen) atoms. The maximum Gasteiger partial charge on any atom is 0.254 e. The zero-order chi connectivity index (χ0) is 12.3. The highest BCUT2D eigenvalue weighted by Gasteiger charge is 2.18. The Kier molecular flexibility index (Phi) is 6.05. The Morgan fingerprint density at radius 3 is 2.67 bits per heavy atom. The molecule has 1 heterocycles. The van der Waals surface area contributed by atoms with Gasteiger partial charge in [0.15, 0.2) is 0 Å². The highest BCUT2D eigenvalue weighted by molar-refractivity contribution is 9.10. The Hall–Kier alpha value is -0.650. The predicted molar refractivity (Wildman–Crippen MR) is 74.7 cm³/mol. The maximum atomic E-state index is 13.6. The first-order chi connectivity index (χ1) is 8.16. The van der Waals surface area contributed by atoms with Crippen molar-refractivity contribution in [3.05, 3.63) is 34.1 Å². The molecule has 1 aliphatic rings. The zero-order valence-electron chi connectivity index (χ0n) is 9.71. The first-order valence-corrected chi connectivity index (χ1v) is 6.43. The van der Waals surface area contributed by atoms with Gasteiger partial charge in [-0.05, 0) is 44.1 Å². The van der Waals surface area contributed by atoms with E-state index in [0.29, 0.717) is 4.47 Å². The van der Waals surface area contributed by atoms with Gasteiger partial charge in [-0.1, -0.05) is 15.9 Å². The van der Waals surface area contributed by atoms with Crippen LogP contribution in [-0.2, 0) is 0 Å². The van der Waals surface area contributed by atoms with Crippen molar-refractivity contribution >= 4 is 34.2 Å². The SMILES string of the molecule is Cl.O=C(NC1CCNCC1)c1ccc(Br)cc1F. The molecule has 2 N–H and O–H groups in total. The molecule has 0 aromatic heterocycles. The van der Waals surface area contributed by atoms with Gasteiger partial charge in [0.05, 0.1) is 5.56 Å². The molecule has 0 saturated carbocycles. The predicted octanol–water partition coefficient (Wildman–Crippen LogP) is 2.49. The molecular formula is C12H15BrClFN2O. The number of carbonyl (C=O) groups is 1. The lowest BCUT2D eigenvalue weighted by Gasteiger charge is -2.23. The summed E-state index contributed by atoms with van der Waals surface area (Å²) >= 11 is 3.16. The van der Waals surface area contributed by atoms with E-state index in [1.165, 1.54) is 12.1 Å².